The minimum atomic E-state index is 0.0227. The lowest BCUT2D eigenvalue weighted by atomic mass is 10.2. The molecule has 2 aromatic heterocycles. The fraction of sp³-hybridized carbons (Fsp3) is 0.588. The summed E-state index contributed by atoms with van der Waals surface area (Å²) < 4.78 is 7.46. The van der Waals surface area contributed by atoms with Crippen molar-refractivity contribution in [3.63, 3.8) is 0 Å². The van der Waals surface area contributed by atoms with Gasteiger partial charge in [-0.05, 0) is 32.3 Å². The quantitative estimate of drug-likeness (QED) is 0.738. The largest absolute Gasteiger partial charge is 0.469 e. The maximum absolute atomic E-state index is 12.0. The lowest BCUT2D eigenvalue weighted by Gasteiger charge is -2.13. The van der Waals surface area contributed by atoms with Crippen molar-refractivity contribution in [2.45, 2.75) is 58.8 Å². The molecule has 0 aromatic carbocycles. The van der Waals surface area contributed by atoms with Gasteiger partial charge >= 0.3 is 0 Å². The van der Waals surface area contributed by atoms with Gasteiger partial charge in [0.2, 0.25) is 5.91 Å². The highest BCUT2D eigenvalue weighted by Crippen LogP contribution is 2.27. The Labute approximate surface area is 147 Å². The van der Waals surface area contributed by atoms with E-state index in [-0.39, 0.29) is 11.9 Å². The van der Waals surface area contributed by atoms with Crippen LogP contribution in [0.1, 0.15) is 39.9 Å². The maximum atomic E-state index is 12.0. The van der Waals surface area contributed by atoms with E-state index in [1.807, 2.05) is 19.9 Å². The first-order valence-electron chi connectivity index (χ1n) is 8.32. The maximum Gasteiger partial charge on any atom is 0.230 e. The molecule has 0 bridgehead atoms. The molecule has 1 N–H and O–H groups in total. The van der Waals surface area contributed by atoms with Crippen molar-refractivity contribution in [2.24, 2.45) is 5.92 Å². The summed E-state index contributed by atoms with van der Waals surface area (Å²) in [6.07, 6.45) is 2.58. The molecule has 0 fully saturated rings. The number of hydrogen-bond acceptors (Lipinski definition) is 5. The van der Waals surface area contributed by atoms with Crippen molar-refractivity contribution in [3.8, 4) is 11.4 Å². The molecule has 0 aliphatic carbocycles. The van der Waals surface area contributed by atoms with Crippen molar-refractivity contribution < 1.29 is 9.21 Å². The second-order valence-corrected chi connectivity index (χ2v) is 7.31. The third kappa shape index (κ3) is 4.63. The predicted octanol–water partition coefficient (Wildman–Crippen LogP) is 3.51. The van der Waals surface area contributed by atoms with Crippen LogP contribution in [0.5, 0.6) is 0 Å². The summed E-state index contributed by atoms with van der Waals surface area (Å²) in [5.74, 6) is 2.42. The molecule has 0 spiro atoms. The fourth-order valence-electron chi connectivity index (χ4n) is 2.29. The molecular formula is C17H26N4O2S. The number of carbonyl (C=O) groups excluding carboxylic acids is 1. The first-order chi connectivity index (χ1) is 11.4. The Morgan fingerprint density at radius 2 is 2.12 bits per heavy atom. The summed E-state index contributed by atoms with van der Waals surface area (Å²) in [7, 11) is 0. The van der Waals surface area contributed by atoms with E-state index in [1.54, 1.807) is 6.26 Å². The first-order valence-corrected chi connectivity index (χ1v) is 9.30. The van der Waals surface area contributed by atoms with E-state index in [9.17, 15) is 4.79 Å². The van der Waals surface area contributed by atoms with Crippen LogP contribution in [-0.2, 0) is 11.3 Å². The molecule has 0 aliphatic heterocycles. The van der Waals surface area contributed by atoms with Gasteiger partial charge in [0.25, 0.3) is 0 Å². The van der Waals surface area contributed by atoms with Crippen LogP contribution in [0.25, 0.3) is 11.4 Å². The van der Waals surface area contributed by atoms with E-state index in [1.165, 1.54) is 11.8 Å². The van der Waals surface area contributed by atoms with Crippen molar-refractivity contribution in [3.05, 3.63) is 18.1 Å². The van der Waals surface area contributed by atoms with E-state index in [0.717, 1.165) is 35.3 Å². The van der Waals surface area contributed by atoms with Crippen LogP contribution >= 0.6 is 11.8 Å². The van der Waals surface area contributed by atoms with Gasteiger partial charge in [-0.25, -0.2) is 0 Å². The Bertz CT molecular complexity index is 678. The summed E-state index contributed by atoms with van der Waals surface area (Å²) in [4.78, 5) is 12.0. The molecule has 1 atom stereocenters. The summed E-state index contributed by atoms with van der Waals surface area (Å²) >= 11 is 1.42. The fourth-order valence-corrected chi connectivity index (χ4v) is 3.05. The topological polar surface area (TPSA) is 73.0 Å². The molecule has 7 heteroatoms. The third-order valence-electron chi connectivity index (χ3n) is 3.72. The number of nitrogens with zero attached hydrogens (tertiary/aromatic N) is 3. The van der Waals surface area contributed by atoms with E-state index in [0.29, 0.717) is 11.7 Å². The second-order valence-electron chi connectivity index (χ2n) is 6.37. The monoisotopic (exact) mass is 350 g/mol. The zero-order valence-corrected chi connectivity index (χ0v) is 15.8. The van der Waals surface area contributed by atoms with Gasteiger partial charge in [-0.1, -0.05) is 32.5 Å². The number of aryl methyl sites for hydroxylation is 1. The standard InChI is InChI=1S/C17H26N4O2S/c1-6-12(4)18-15(22)10-24-17-20-19-16(21(17)9-11(2)3)14-7-8-23-13(14)5/h7-8,11-12H,6,9-10H2,1-5H3,(H,18,22). The van der Waals surface area contributed by atoms with Crippen molar-refractivity contribution in [1.29, 1.82) is 0 Å². The number of furan rings is 1. The van der Waals surface area contributed by atoms with Crippen molar-refractivity contribution in [1.82, 2.24) is 20.1 Å². The molecule has 2 aromatic rings. The van der Waals surface area contributed by atoms with Crippen LogP contribution in [0.15, 0.2) is 21.9 Å². The number of nitrogens with one attached hydrogen (secondary N) is 1. The summed E-state index contributed by atoms with van der Waals surface area (Å²) in [6, 6.07) is 2.09. The molecule has 0 radical (unpaired) electrons. The van der Waals surface area contributed by atoms with Crippen LogP contribution in [0.3, 0.4) is 0 Å². The molecule has 132 valence electrons. The lowest BCUT2D eigenvalue weighted by molar-refractivity contribution is -0.119. The molecule has 6 nitrogen and oxygen atoms in total. The molecule has 2 rings (SSSR count). The molecule has 1 amide bonds. The van der Waals surface area contributed by atoms with Gasteiger partial charge in [0, 0.05) is 12.6 Å². The summed E-state index contributed by atoms with van der Waals surface area (Å²) in [6.45, 7) is 11.1. The van der Waals surface area contributed by atoms with Crippen LogP contribution in [0.4, 0.5) is 0 Å². The molecule has 24 heavy (non-hydrogen) atoms. The smallest absolute Gasteiger partial charge is 0.230 e. The molecular weight excluding hydrogens is 324 g/mol. The molecule has 0 saturated carbocycles. The number of hydrogen-bond donors (Lipinski definition) is 1. The van der Waals surface area contributed by atoms with Crippen LogP contribution in [0.2, 0.25) is 0 Å². The molecule has 2 heterocycles. The zero-order valence-electron chi connectivity index (χ0n) is 15.0. The van der Waals surface area contributed by atoms with Gasteiger partial charge in [0.1, 0.15) is 5.76 Å². The van der Waals surface area contributed by atoms with E-state index >= 15 is 0 Å². The van der Waals surface area contributed by atoms with E-state index in [2.05, 4.69) is 40.9 Å². The van der Waals surface area contributed by atoms with Gasteiger partial charge in [-0.3, -0.25) is 4.79 Å². The predicted molar refractivity (Wildman–Crippen MR) is 95.9 cm³/mol. The lowest BCUT2D eigenvalue weighted by Crippen LogP contribution is -2.33. The summed E-state index contributed by atoms with van der Waals surface area (Å²) in [5.41, 5.74) is 0.944. The summed E-state index contributed by atoms with van der Waals surface area (Å²) in [5, 5.41) is 12.4. The minimum absolute atomic E-state index is 0.0227. The Hall–Kier alpha value is -1.76. The average molecular weight is 350 g/mol. The van der Waals surface area contributed by atoms with Gasteiger partial charge in [-0.2, -0.15) is 0 Å². The highest BCUT2D eigenvalue weighted by Gasteiger charge is 2.19. The Kier molecular flexibility index (Phi) is 6.48. The third-order valence-corrected chi connectivity index (χ3v) is 4.68. The van der Waals surface area contributed by atoms with Crippen LogP contribution in [-0.4, -0.2) is 32.5 Å². The number of amides is 1. The van der Waals surface area contributed by atoms with Crippen LogP contribution in [0, 0.1) is 12.8 Å². The second kappa shape index (κ2) is 8.37. The van der Waals surface area contributed by atoms with E-state index in [4.69, 9.17) is 4.42 Å². The Morgan fingerprint density at radius 1 is 1.38 bits per heavy atom. The van der Waals surface area contributed by atoms with Crippen molar-refractivity contribution in [2.75, 3.05) is 5.75 Å². The molecule has 0 saturated heterocycles. The van der Waals surface area contributed by atoms with E-state index < -0.39 is 0 Å². The highest BCUT2D eigenvalue weighted by atomic mass is 32.2. The normalized spacial score (nSPS) is 12.6. The van der Waals surface area contributed by atoms with Gasteiger partial charge in [-0.15, -0.1) is 10.2 Å². The number of carbonyl (C=O) groups is 1. The van der Waals surface area contributed by atoms with Crippen molar-refractivity contribution >= 4 is 17.7 Å². The first kappa shape index (κ1) is 18.6. The Morgan fingerprint density at radius 3 is 2.71 bits per heavy atom. The van der Waals surface area contributed by atoms with Gasteiger partial charge < -0.3 is 14.3 Å². The number of thioether (sulfide) groups is 1. The van der Waals surface area contributed by atoms with Gasteiger partial charge in [0.05, 0.1) is 17.6 Å². The van der Waals surface area contributed by atoms with Gasteiger partial charge in [0.15, 0.2) is 11.0 Å². The molecule has 1 unspecified atom stereocenters. The van der Waals surface area contributed by atoms with Crippen LogP contribution < -0.4 is 5.32 Å². The average Bonchev–Trinajstić information content (AvgIpc) is 3.10. The minimum Gasteiger partial charge on any atom is -0.469 e. The highest BCUT2D eigenvalue weighted by molar-refractivity contribution is 7.99. The SMILES string of the molecule is CCC(C)NC(=O)CSc1nnc(-c2ccoc2C)n1CC(C)C. The Balaban J connectivity index is 2.16. The zero-order chi connectivity index (χ0) is 17.7. The number of aromatic nitrogens is 3. The number of rotatable bonds is 8. The molecule has 0 aliphatic rings.